The zero-order valence-electron chi connectivity index (χ0n) is 13.8. The molecule has 0 fully saturated rings. The minimum Gasteiger partial charge on any atom is -0.388 e. The third kappa shape index (κ3) is 5.10. The van der Waals surface area contributed by atoms with Crippen molar-refractivity contribution in [2.75, 3.05) is 0 Å². The summed E-state index contributed by atoms with van der Waals surface area (Å²) in [6, 6.07) is 12.5. The van der Waals surface area contributed by atoms with Gasteiger partial charge in [0, 0.05) is 0 Å². The fraction of sp³-hybridized carbons (Fsp3) is 0.400. The Hall–Kier alpha value is -1.81. The van der Waals surface area contributed by atoms with Crippen LogP contribution in [-0.2, 0) is 6.18 Å². The standard InChI is InChI=1S/C20H23F3O/c1-2-3-4-5-6-19(24)17-9-7-15(8-10-17)16-11-13-18(14-12-16)20(21,22)23/h7-14,19,24H,2-6H2,1H3/t19-/m0/s1. The number of hydrogen-bond donors (Lipinski definition) is 1. The Kier molecular flexibility index (Phi) is 6.44. The Balaban J connectivity index is 2.01. The summed E-state index contributed by atoms with van der Waals surface area (Å²) in [5.74, 6) is 0. The highest BCUT2D eigenvalue weighted by Crippen LogP contribution is 2.31. The van der Waals surface area contributed by atoms with E-state index < -0.39 is 17.8 Å². The van der Waals surface area contributed by atoms with Gasteiger partial charge < -0.3 is 5.11 Å². The van der Waals surface area contributed by atoms with Crippen molar-refractivity contribution < 1.29 is 18.3 Å². The summed E-state index contributed by atoms with van der Waals surface area (Å²) >= 11 is 0. The molecule has 0 aromatic heterocycles. The lowest BCUT2D eigenvalue weighted by Crippen LogP contribution is -2.04. The van der Waals surface area contributed by atoms with Gasteiger partial charge in [0.05, 0.1) is 11.7 Å². The van der Waals surface area contributed by atoms with Crippen LogP contribution in [-0.4, -0.2) is 5.11 Å². The Morgan fingerprint density at radius 2 is 1.38 bits per heavy atom. The second-order valence-corrected chi connectivity index (χ2v) is 6.06. The monoisotopic (exact) mass is 336 g/mol. The number of hydrogen-bond acceptors (Lipinski definition) is 1. The van der Waals surface area contributed by atoms with Gasteiger partial charge in [-0.25, -0.2) is 0 Å². The maximum atomic E-state index is 12.6. The van der Waals surface area contributed by atoms with Crippen molar-refractivity contribution in [3.8, 4) is 11.1 Å². The van der Waals surface area contributed by atoms with Crippen molar-refractivity contribution in [3.05, 3.63) is 59.7 Å². The first-order valence-corrected chi connectivity index (χ1v) is 8.37. The van der Waals surface area contributed by atoms with Crippen LogP contribution in [0.2, 0.25) is 0 Å². The molecule has 0 saturated heterocycles. The van der Waals surface area contributed by atoms with Crippen LogP contribution in [0.1, 0.15) is 56.3 Å². The molecule has 0 saturated carbocycles. The van der Waals surface area contributed by atoms with Crippen LogP contribution in [0.3, 0.4) is 0 Å². The average molecular weight is 336 g/mol. The topological polar surface area (TPSA) is 20.2 Å². The molecule has 0 unspecified atom stereocenters. The fourth-order valence-corrected chi connectivity index (χ4v) is 2.68. The van der Waals surface area contributed by atoms with Gasteiger partial charge in [-0.3, -0.25) is 0 Å². The lowest BCUT2D eigenvalue weighted by molar-refractivity contribution is -0.137. The molecular weight excluding hydrogens is 313 g/mol. The summed E-state index contributed by atoms with van der Waals surface area (Å²) < 4.78 is 37.8. The van der Waals surface area contributed by atoms with Gasteiger partial charge in [0.25, 0.3) is 0 Å². The fourth-order valence-electron chi connectivity index (χ4n) is 2.68. The normalized spacial score (nSPS) is 13.0. The van der Waals surface area contributed by atoms with E-state index in [2.05, 4.69) is 6.92 Å². The van der Waals surface area contributed by atoms with Crippen LogP contribution in [0.25, 0.3) is 11.1 Å². The smallest absolute Gasteiger partial charge is 0.388 e. The second-order valence-electron chi connectivity index (χ2n) is 6.06. The molecule has 4 heteroatoms. The first-order valence-electron chi connectivity index (χ1n) is 8.37. The van der Waals surface area contributed by atoms with Crippen molar-refractivity contribution in [3.63, 3.8) is 0 Å². The second kappa shape index (κ2) is 8.34. The van der Waals surface area contributed by atoms with Gasteiger partial charge in [-0.05, 0) is 35.2 Å². The Morgan fingerprint density at radius 1 is 0.833 bits per heavy atom. The van der Waals surface area contributed by atoms with E-state index >= 15 is 0 Å². The number of rotatable bonds is 7. The van der Waals surface area contributed by atoms with Crippen LogP contribution in [0.15, 0.2) is 48.5 Å². The van der Waals surface area contributed by atoms with Crippen molar-refractivity contribution in [1.29, 1.82) is 0 Å². The lowest BCUT2D eigenvalue weighted by Gasteiger charge is -2.12. The summed E-state index contributed by atoms with van der Waals surface area (Å²) in [6.45, 7) is 2.15. The van der Waals surface area contributed by atoms with E-state index in [-0.39, 0.29) is 0 Å². The maximum absolute atomic E-state index is 12.6. The molecule has 130 valence electrons. The molecule has 1 N–H and O–H groups in total. The van der Waals surface area contributed by atoms with Crippen LogP contribution < -0.4 is 0 Å². The molecule has 0 aliphatic heterocycles. The van der Waals surface area contributed by atoms with E-state index in [4.69, 9.17) is 0 Å². The summed E-state index contributed by atoms with van der Waals surface area (Å²) in [7, 11) is 0. The van der Waals surface area contributed by atoms with Gasteiger partial charge >= 0.3 is 6.18 Å². The van der Waals surface area contributed by atoms with E-state index in [1.54, 1.807) is 0 Å². The number of unbranched alkanes of at least 4 members (excludes halogenated alkanes) is 3. The minimum atomic E-state index is -4.32. The summed E-state index contributed by atoms with van der Waals surface area (Å²) in [5, 5.41) is 10.2. The molecule has 0 bridgehead atoms. The average Bonchev–Trinajstić information content (AvgIpc) is 2.58. The van der Waals surface area contributed by atoms with E-state index in [9.17, 15) is 18.3 Å². The number of benzene rings is 2. The number of aliphatic hydroxyl groups excluding tert-OH is 1. The Bertz CT molecular complexity index is 615. The Morgan fingerprint density at radius 3 is 1.88 bits per heavy atom. The number of aliphatic hydroxyl groups is 1. The molecule has 0 amide bonds. The van der Waals surface area contributed by atoms with E-state index in [0.717, 1.165) is 54.5 Å². The molecule has 0 spiro atoms. The van der Waals surface area contributed by atoms with Crippen LogP contribution in [0.5, 0.6) is 0 Å². The summed E-state index contributed by atoms with van der Waals surface area (Å²) in [5.41, 5.74) is 1.77. The van der Waals surface area contributed by atoms with Gasteiger partial charge in [-0.1, -0.05) is 69.0 Å². The number of alkyl halides is 3. The first kappa shape index (κ1) is 18.5. The molecule has 2 rings (SSSR count). The Labute approximate surface area is 141 Å². The highest BCUT2D eigenvalue weighted by atomic mass is 19.4. The van der Waals surface area contributed by atoms with Crippen molar-refractivity contribution in [2.45, 2.75) is 51.3 Å². The first-order chi connectivity index (χ1) is 11.4. The molecule has 24 heavy (non-hydrogen) atoms. The molecular formula is C20H23F3O. The molecule has 0 radical (unpaired) electrons. The largest absolute Gasteiger partial charge is 0.416 e. The molecule has 0 heterocycles. The lowest BCUT2D eigenvalue weighted by atomic mass is 9.98. The molecule has 1 nitrogen and oxygen atoms in total. The summed E-state index contributed by atoms with van der Waals surface area (Å²) in [4.78, 5) is 0. The zero-order valence-corrected chi connectivity index (χ0v) is 13.8. The van der Waals surface area contributed by atoms with Gasteiger partial charge in [0.1, 0.15) is 0 Å². The van der Waals surface area contributed by atoms with Gasteiger partial charge in [-0.15, -0.1) is 0 Å². The van der Waals surface area contributed by atoms with Crippen molar-refractivity contribution >= 4 is 0 Å². The summed E-state index contributed by atoms with van der Waals surface area (Å²) in [6.07, 6.45) is 0.400. The van der Waals surface area contributed by atoms with Gasteiger partial charge in [0.15, 0.2) is 0 Å². The highest BCUT2D eigenvalue weighted by Gasteiger charge is 2.29. The van der Waals surface area contributed by atoms with E-state index in [1.807, 2.05) is 24.3 Å². The molecule has 2 aromatic rings. The molecule has 2 aromatic carbocycles. The molecule has 1 atom stereocenters. The molecule has 0 aliphatic rings. The van der Waals surface area contributed by atoms with Gasteiger partial charge in [-0.2, -0.15) is 13.2 Å². The van der Waals surface area contributed by atoms with Crippen LogP contribution in [0.4, 0.5) is 13.2 Å². The van der Waals surface area contributed by atoms with Crippen molar-refractivity contribution in [1.82, 2.24) is 0 Å². The quantitative estimate of drug-likeness (QED) is 0.582. The third-order valence-electron chi connectivity index (χ3n) is 4.17. The van der Waals surface area contributed by atoms with E-state index in [0.29, 0.717) is 0 Å². The molecule has 0 aliphatic carbocycles. The van der Waals surface area contributed by atoms with E-state index in [1.165, 1.54) is 18.6 Å². The zero-order chi connectivity index (χ0) is 17.6. The third-order valence-corrected chi connectivity index (χ3v) is 4.17. The SMILES string of the molecule is CCCCCC[C@H](O)c1ccc(-c2ccc(C(F)(F)F)cc2)cc1. The van der Waals surface area contributed by atoms with Crippen LogP contribution in [0, 0.1) is 0 Å². The highest BCUT2D eigenvalue weighted by molar-refractivity contribution is 5.64. The number of halogens is 3. The van der Waals surface area contributed by atoms with Crippen molar-refractivity contribution in [2.24, 2.45) is 0 Å². The minimum absolute atomic E-state index is 0.483. The van der Waals surface area contributed by atoms with Gasteiger partial charge in [0.2, 0.25) is 0 Å². The predicted molar refractivity (Wildman–Crippen MR) is 90.6 cm³/mol. The predicted octanol–water partition coefficient (Wildman–Crippen LogP) is 6.38. The van der Waals surface area contributed by atoms with Crippen LogP contribution >= 0.6 is 0 Å². The maximum Gasteiger partial charge on any atom is 0.416 e.